The summed E-state index contributed by atoms with van der Waals surface area (Å²) in [7, 11) is 0. The number of nitrogens with one attached hydrogen (secondary N) is 2. The van der Waals surface area contributed by atoms with Gasteiger partial charge in [0.1, 0.15) is 0 Å². The Hall–Kier alpha value is -1.57. The molecule has 0 saturated heterocycles. The smallest absolute Gasteiger partial charge is 0.0468 e. The Balaban J connectivity index is 3.10. The van der Waals surface area contributed by atoms with E-state index >= 15 is 0 Å². The van der Waals surface area contributed by atoms with Crippen LogP contribution in [-0.4, -0.2) is 6.21 Å². The molecule has 0 radical (unpaired) electrons. The number of hydrogen-bond acceptors (Lipinski definition) is 2. The zero-order valence-electron chi connectivity index (χ0n) is 8.67. The van der Waals surface area contributed by atoms with E-state index in [1.54, 1.807) is 6.20 Å². The summed E-state index contributed by atoms with van der Waals surface area (Å²) in [5.41, 5.74) is 3.08. The van der Waals surface area contributed by atoms with Crippen LogP contribution in [-0.2, 0) is 0 Å². The molecule has 14 heavy (non-hydrogen) atoms. The van der Waals surface area contributed by atoms with E-state index in [2.05, 4.69) is 31.8 Å². The summed E-state index contributed by atoms with van der Waals surface area (Å²) in [6, 6.07) is 6.09. The van der Waals surface area contributed by atoms with Crippen molar-refractivity contribution in [1.82, 2.24) is 0 Å². The predicted molar refractivity (Wildman–Crippen MR) is 62.2 cm³/mol. The van der Waals surface area contributed by atoms with Crippen molar-refractivity contribution in [1.29, 1.82) is 5.41 Å². The number of rotatable bonds is 4. The molecule has 0 aliphatic carbocycles. The van der Waals surface area contributed by atoms with Crippen molar-refractivity contribution in [2.45, 2.75) is 19.8 Å². The minimum absolute atomic E-state index is 0.492. The van der Waals surface area contributed by atoms with Crippen molar-refractivity contribution in [2.24, 2.45) is 0 Å². The van der Waals surface area contributed by atoms with Gasteiger partial charge in [-0.05, 0) is 29.8 Å². The highest BCUT2D eigenvalue weighted by atomic mass is 14.8. The van der Waals surface area contributed by atoms with Gasteiger partial charge in [-0.25, -0.2) is 0 Å². The minimum atomic E-state index is 0.492. The van der Waals surface area contributed by atoms with Gasteiger partial charge in [0, 0.05) is 17.5 Å². The molecule has 0 aliphatic heterocycles. The molecule has 2 heteroatoms. The molecule has 74 valence electrons. The second-order valence-electron chi connectivity index (χ2n) is 3.49. The Morgan fingerprint density at radius 1 is 1.43 bits per heavy atom. The fraction of sp³-hybridized carbons (Fsp3) is 0.250. The molecule has 0 spiro atoms. The lowest BCUT2D eigenvalue weighted by Crippen LogP contribution is -1.96. The zero-order chi connectivity index (χ0) is 10.6. The maximum atomic E-state index is 7.30. The average molecular weight is 188 g/mol. The van der Waals surface area contributed by atoms with Crippen LogP contribution in [0.15, 0.2) is 31.0 Å². The molecule has 0 heterocycles. The largest absolute Gasteiger partial charge is 0.362 e. The van der Waals surface area contributed by atoms with E-state index in [0.717, 1.165) is 11.3 Å². The summed E-state index contributed by atoms with van der Waals surface area (Å²) >= 11 is 0. The van der Waals surface area contributed by atoms with Crippen molar-refractivity contribution in [3.63, 3.8) is 0 Å². The van der Waals surface area contributed by atoms with Gasteiger partial charge in [0.15, 0.2) is 0 Å². The summed E-state index contributed by atoms with van der Waals surface area (Å²) in [4.78, 5) is 0. The summed E-state index contributed by atoms with van der Waals surface area (Å²) in [6.07, 6.45) is 2.98. The van der Waals surface area contributed by atoms with E-state index in [4.69, 9.17) is 5.41 Å². The van der Waals surface area contributed by atoms with E-state index in [-0.39, 0.29) is 0 Å². The Bertz CT molecular complexity index is 340. The van der Waals surface area contributed by atoms with Crippen LogP contribution in [0.3, 0.4) is 0 Å². The van der Waals surface area contributed by atoms with Gasteiger partial charge < -0.3 is 10.7 Å². The lowest BCUT2D eigenvalue weighted by molar-refractivity contribution is 0.866. The Morgan fingerprint density at radius 2 is 2.14 bits per heavy atom. The van der Waals surface area contributed by atoms with Crippen LogP contribution < -0.4 is 5.32 Å². The van der Waals surface area contributed by atoms with Crippen LogP contribution in [0.25, 0.3) is 0 Å². The first-order valence-electron chi connectivity index (χ1n) is 4.71. The van der Waals surface area contributed by atoms with E-state index in [1.165, 1.54) is 11.8 Å². The van der Waals surface area contributed by atoms with Crippen LogP contribution in [0.5, 0.6) is 0 Å². The van der Waals surface area contributed by atoms with Crippen molar-refractivity contribution >= 4 is 11.9 Å². The molecule has 2 N–H and O–H groups in total. The van der Waals surface area contributed by atoms with Crippen molar-refractivity contribution in [3.05, 3.63) is 42.1 Å². The lowest BCUT2D eigenvalue weighted by Gasteiger charge is -2.10. The van der Waals surface area contributed by atoms with Gasteiger partial charge in [-0.15, -0.1) is 0 Å². The highest BCUT2D eigenvalue weighted by molar-refractivity contribution is 5.86. The zero-order valence-corrected chi connectivity index (χ0v) is 8.67. The topological polar surface area (TPSA) is 35.9 Å². The summed E-state index contributed by atoms with van der Waals surface area (Å²) in [5, 5.41) is 10.3. The third kappa shape index (κ3) is 2.22. The first-order valence-corrected chi connectivity index (χ1v) is 4.71. The van der Waals surface area contributed by atoms with E-state index in [9.17, 15) is 0 Å². The number of benzene rings is 1. The van der Waals surface area contributed by atoms with Crippen LogP contribution in [0.2, 0.25) is 0 Å². The van der Waals surface area contributed by atoms with Crippen molar-refractivity contribution < 1.29 is 0 Å². The maximum absolute atomic E-state index is 7.30. The molecular formula is C12H16N2. The fourth-order valence-corrected chi connectivity index (χ4v) is 1.30. The second kappa shape index (κ2) is 4.61. The molecular weight excluding hydrogens is 172 g/mol. The summed E-state index contributed by atoms with van der Waals surface area (Å²) in [6.45, 7) is 7.89. The molecule has 1 aromatic carbocycles. The molecule has 0 amide bonds. The Morgan fingerprint density at radius 3 is 2.64 bits per heavy atom. The fourth-order valence-electron chi connectivity index (χ4n) is 1.30. The van der Waals surface area contributed by atoms with Crippen LogP contribution in [0.1, 0.15) is 30.9 Å². The lowest BCUT2D eigenvalue weighted by atomic mass is 10.00. The van der Waals surface area contributed by atoms with Crippen LogP contribution in [0.4, 0.5) is 5.69 Å². The predicted octanol–water partition coefficient (Wildman–Crippen LogP) is 3.36. The minimum Gasteiger partial charge on any atom is -0.362 e. The summed E-state index contributed by atoms with van der Waals surface area (Å²) in [5.74, 6) is 0.492. The highest BCUT2D eigenvalue weighted by Gasteiger charge is 2.03. The quantitative estimate of drug-likeness (QED) is 0.698. The van der Waals surface area contributed by atoms with E-state index in [1.807, 2.05) is 12.1 Å². The molecule has 0 bridgehead atoms. The van der Waals surface area contributed by atoms with Gasteiger partial charge in [0.25, 0.3) is 0 Å². The van der Waals surface area contributed by atoms with E-state index < -0.39 is 0 Å². The molecule has 0 atom stereocenters. The molecule has 1 rings (SSSR count). The molecule has 0 aliphatic rings. The molecule has 0 aromatic heterocycles. The van der Waals surface area contributed by atoms with Gasteiger partial charge in [-0.1, -0.05) is 26.5 Å². The van der Waals surface area contributed by atoms with Gasteiger partial charge in [0.2, 0.25) is 0 Å². The van der Waals surface area contributed by atoms with Crippen molar-refractivity contribution in [3.8, 4) is 0 Å². The standard InChI is InChI=1S/C12H16N2/c1-4-14-12-6-5-10(9(2)3)7-11(12)8-13/h4-9,13-14H,1H2,2-3H3. The van der Waals surface area contributed by atoms with Gasteiger partial charge >= 0.3 is 0 Å². The number of hydrogen-bond donors (Lipinski definition) is 2. The normalized spacial score (nSPS) is 9.93. The van der Waals surface area contributed by atoms with Crippen molar-refractivity contribution in [2.75, 3.05) is 5.32 Å². The molecule has 1 aromatic rings. The van der Waals surface area contributed by atoms with Crippen LogP contribution >= 0.6 is 0 Å². The molecule has 0 saturated carbocycles. The van der Waals surface area contributed by atoms with Gasteiger partial charge in [-0.2, -0.15) is 0 Å². The monoisotopic (exact) mass is 188 g/mol. The third-order valence-electron chi connectivity index (χ3n) is 2.16. The van der Waals surface area contributed by atoms with Gasteiger partial charge in [0.05, 0.1) is 0 Å². The summed E-state index contributed by atoms with van der Waals surface area (Å²) < 4.78 is 0. The first kappa shape index (κ1) is 10.5. The Labute approximate surface area is 85.2 Å². The molecule has 0 unspecified atom stereocenters. The molecule has 0 fully saturated rings. The number of anilines is 1. The third-order valence-corrected chi connectivity index (χ3v) is 2.16. The Kier molecular flexibility index (Phi) is 3.46. The maximum Gasteiger partial charge on any atom is 0.0468 e. The second-order valence-corrected chi connectivity index (χ2v) is 3.49. The van der Waals surface area contributed by atoms with Gasteiger partial charge in [-0.3, -0.25) is 0 Å². The van der Waals surface area contributed by atoms with E-state index in [0.29, 0.717) is 5.92 Å². The first-order chi connectivity index (χ1) is 6.69. The van der Waals surface area contributed by atoms with Crippen LogP contribution in [0, 0.1) is 5.41 Å². The SMILES string of the molecule is C=CNc1ccc(C(C)C)cc1C=N. The average Bonchev–Trinajstić information content (AvgIpc) is 2.18. The highest BCUT2D eigenvalue weighted by Crippen LogP contribution is 2.21. The molecule has 2 nitrogen and oxygen atoms in total.